The summed E-state index contributed by atoms with van der Waals surface area (Å²) in [7, 11) is 4.08. The van der Waals surface area contributed by atoms with Gasteiger partial charge in [-0.2, -0.15) is 0 Å². The average molecular weight is 327 g/mol. The average Bonchev–Trinajstić information content (AvgIpc) is 2.56. The van der Waals surface area contributed by atoms with Crippen LogP contribution in [0.2, 0.25) is 0 Å². The second-order valence-corrected chi connectivity index (χ2v) is 6.56. The fourth-order valence-electron chi connectivity index (χ4n) is 2.97. The Morgan fingerprint density at radius 1 is 1.08 bits per heavy atom. The van der Waals surface area contributed by atoms with E-state index in [0.29, 0.717) is 6.61 Å². The molecule has 0 saturated carbocycles. The SMILES string of the molecule is CCc1c(OCCN(C)C)ccc(CO)c1-c1cc(C)ccc1C. The minimum atomic E-state index is 0.0354. The highest BCUT2D eigenvalue weighted by molar-refractivity contribution is 5.76. The van der Waals surface area contributed by atoms with Crippen LogP contribution in [-0.4, -0.2) is 37.3 Å². The van der Waals surface area contributed by atoms with Crippen LogP contribution in [0, 0.1) is 13.8 Å². The van der Waals surface area contributed by atoms with Crippen molar-refractivity contribution in [3.63, 3.8) is 0 Å². The topological polar surface area (TPSA) is 32.7 Å². The second-order valence-electron chi connectivity index (χ2n) is 6.56. The molecule has 2 aromatic rings. The van der Waals surface area contributed by atoms with E-state index < -0.39 is 0 Å². The molecule has 0 fully saturated rings. The van der Waals surface area contributed by atoms with Gasteiger partial charge in [0.05, 0.1) is 6.61 Å². The summed E-state index contributed by atoms with van der Waals surface area (Å²) in [5, 5.41) is 9.85. The Kier molecular flexibility index (Phi) is 6.41. The zero-order valence-electron chi connectivity index (χ0n) is 15.5. The van der Waals surface area contributed by atoms with Crippen molar-refractivity contribution < 1.29 is 9.84 Å². The number of likely N-dealkylation sites (N-methyl/N-ethyl adjacent to an activating group) is 1. The van der Waals surface area contributed by atoms with E-state index in [1.807, 2.05) is 26.2 Å². The van der Waals surface area contributed by atoms with Gasteiger partial charge in [-0.15, -0.1) is 0 Å². The van der Waals surface area contributed by atoms with Crippen LogP contribution in [0.4, 0.5) is 0 Å². The van der Waals surface area contributed by atoms with Crippen LogP contribution in [0.15, 0.2) is 30.3 Å². The van der Waals surface area contributed by atoms with Crippen molar-refractivity contribution in [2.75, 3.05) is 27.2 Å². The fraction of sp³-hybridized carbons (Fsp3) is 0.429. The Morgan fingerprint density at radius 2 is 1.83 bits per heavy atom. The molecule has 2 aromatic carbocycles. The Hall–Kier alpha value is -1.84. The predicted molar refractivity (Wildman–Crippen MR) is 101 cm³/mol. The molecular weight excluding hydrogens is 298 g/mol. The first-order valence-electron chi connectivity index (χ1n) is 8.58. The van der Waals surface area contributed by atoms with Gasteiger partial charge >= 0.3 is 0 Å². The first-order chi connectivity index (χ1) is 11.5. The Balaban J connectivity index is 2.53. The summed E-state index contributed by atoms with van der Waals surface area (Å²) >= 11 is 0. The molecule has 2 rings (SSSR count). The molecular formula is C21H29NO2. The maximum Gasteiger partial charge on any atom is 0.123 e. The molecule has 130 valence electrons. The molecule has 24 heavy (non-hydrogen) atoms. The van der Waals surface area contributed by atoms with Gasteiger partial charge in [-0.1, -0.05) is 36.8 Å². The lowest BCUT2D eigenvalue weighted by molar-refractivity contribution is 0.259. The Labute approximate surface area is 145 Å². The largest absolute Gasteiger partial charge is 0.492 e. The number of aryl methyl sites for hydroxylation is 2. The van der Waals surface area contributed by atoms with E-state index in [0.717, 1.165) is 29.8 Å². The maximum absolute atomic E-state index is 9.85. The summed E-state index contributed by atoms with van der Waals surface area (Å²) in [5.74, 6) is 0.924. The van der Waals surface area contributed by atoms with Crippen LogP contribution in [0.5, 0.6) is 5.75 Å². The highest BCUT2D eigenvalue weighted by Crippen LogP contribution is 2.37. The van der Waals surface area contributed by atoms with E-state index in [-0.39, 0.29) is 6.61 Å². The lowest BCUT2D eigenvalue weighted by atomic mass is 9.89. The number of aliphatic hydroxyl groups is 1. The lowest BCUT2D eigenvalue weighted by Crippen LogP contribution is -2.19. The summed E-state index contributed by atoms with van der Waals surface area (Å²) < 4.78 is 6.05. The van der Waals surface area contributed by atoms with Gasteiger partial charge in [0.2, 0.25) is 0 Å². The van der Waals surface area contributed by atoms with Crippen molar-refractivity contribution in [3.05, 3.63) is 52.6 Å². The van der Waals surface area contributed by atoms with E-state index in [2.05, 4.69) is 43.9 Å². The summed E-state index contributed by atoms with van der Waals surface area (Å²) in [6.45, 7) is 7.94. The number of nitrogens with zero attached hydrogens (tertiary/aromatic N) is 1. The van der Waals surface area contributed by atoms with Gasteiger partial charge in [-0.25, -0.2) is 0 Å². The van der Waals surface area contributed by atoms with Gasteiger partial charge in [0.1, 0.15) is 12.4 Å². The third kappa shape index (κ3) is 4.16. The summed E-state index contributed by atoms with van der Waals surface area (Å²) in [4.78, 5) is 2.11. The molecule has 0 unspecified atom stereocenters. The van der Waals surface area contributed by atoms with Crippen molar-refractivity contribution in [1.82, 2.24) is 4.90 Å². The Bertz CT molecular complexity index is 692. The number of benzene rings is 2. The zero-order chi connectivity index (χ0) is 17.7. The van der Waals surface area contributed by atoms with Crippen LogP contribution in [0.1, 0.15) is 29.2 Å². The van der Waals surface area contributed by atoms with Crippen molar-refractivity contribution in [2.24, 2.45) is 0 Å². The monoisotopic (exact) mass is 327 g/mol. The molecule has 0 bridgehead atoms. The van der Waals surface area contributed by atoms with Crippen molar-refractivity contribution in [2.45, 2.75) is 33.8 Å². The van der Waals surface area contributed by atoms with Crippen molar-refractivity contribution in [1.29, 1.82) is 0 Å². The highest BCUT2D eigenvalue weighted by Gasteiger charge is 2.16. The molecule has 0 spiro atoms. The molecule has 0 atom stereocenters. The molecule has 0 saturated heterocycles. The minimum Gasteiger partial charge on any atom is -0.492 e. The van der Waals surface area contributed by atoms with Gasteiger partial charge < -0.3 is 14.7 Å². The van der Waals surface area contributed by atoms with Gasteiger partial charge in [0.15, 0.2) is 0 Å². The lowest BCUT2D eigenvalue weighted by Gasteiger charge is -2.20. The van der Waals surface area contributed by atoms with Crippen LogP contribution in [0.25, 0.3) is 11.1 Å². The highest BCUT2D eigenvalue weighted by atomic mass is 16.5. The zero-order valence-corrected chi connectivity index (χ0v) is 15.5. The smallest absolute Gasteiger partial charge is 0.123 e. The quantitative estimate of drug-likeness (QED) is 0.835. The van der Waals surface area contributed by atoms with Gasteiger partial charge in [0, 0.05) is 12.1 Å². The van der Waals surface area contributed by atoms with Gasteiger partial charge in [-0.3, -0.25) is 0 Å². The predicted octanol–water partition coefficient (Wildman–Crippen LogP) is 3.97. The van der Waals surface area contributed by atoms with Gasteiger partial charge in [0.25, 0.3) is 0 Å². The standard InChI is InChI=1S/C21H29NO2/c1-6-18-20(24-12-11-22(4)5)10-9-17(14-23)21(18)19-13-15(2)7-8-16(19)3/h7-10,13,23H,6,11-12,14H2,1-5H3. The van der Waals surface area contributed by atoms with Gasteiger partial charge in [-0.05, 0) is 62.7 Å². The molecule has 0 aliphatic rings. The summed E-state index contributed by atoms with van der Waals surface area (Å²) in [5.41, 5.74) is 6.89. The molecule has 0 aliphatic heterocycles. The molecule has 0 heterocycles. The van der Waals surface area contributed by atoms with Crippen LogP contribution in [0.3, 0.4) is 0 Å². The van der Waals surface area contributed by atoms with Crippen molar-refractivity contribution >= 4 is 0 Å². The molecule has 0 radical (unpaired) electrons. The first-order valence-corrected chi connectivity index (χ1v) is 8.58. The molecule has 1 N–H and O–H groups in total. The third-order valence-corrected chi connectivity index (χ3v) is 4.34. The van der Waals surface area contributed by atoms with E-state index in [1.54, 1.807) is 0 Å². The summed E-state index contributed by atoms with van der Waals surface area (Å²) in [6.07, 6.45) is 0.869. The number of hydrogen-bond donors (Lipinski definition) is 1. The van der Waals surface area contributed by atoms with E-state index in [1.165, 1.54) is 22.3 Å². The third-order valence-electron chi connectivity index (χ3n) is 4.34. The fourth-order valence-corrected chi connectivity index (χ4v) is 2.97. The number of aliphatic hydroxyl groups excluding tert-OH is 1. The first kappa shape index (κ1) is 18.5. The van der Waals surface area contributed by atoms with Crippen LogP contribution in [-0.2, 0) is 13.0 Å². The van der Waals surface area contributed by atoms with E-state index >= 15 is 0 Å². The van der Waals surface area contributed by atoms with Crippen molar-refractivity contribution in [3.8, 4) is 16.9 Å². The normalized spacial score (nSPS) is 11.1. The molecule has 3 heteroatoms. The summed E-state index contributed by atoms with van der Waals surface area (Å²) in [6, 6.07) is 10.5. The van der Waals surface area contributed by atoms with E-state index in [9.17, 15) is 5.11 Å². The molecule has 0 amide bonds. The van der Waals surface area contributed by atoms with E-state index in [4.69, 9.17) is 4.74 Å². The minimum absolute atomic E-state index is 0.0354. The number of hydrogen-bond acceptors (Lipinski definition) is 3. The number of rotatable bonds is 7. The van der Waals surface area contributed by atoms with Crippen LogP contribution >= 0.6 is 0 Å². The maximum atomic E-state index is 9.85. The van der Waals surface area contributed by atoms with Crippen LogP contribution < -0.4 is 4.74 Å². The number of ether oxygens (including phenoxy) is 1. The molecule has 3 nitrogen and oxygen atoms in total. The second kappa shape index (κ2) is 8.32. The molecule has 0 aromatic heterocycles. The molecule has 0 aliphatic carbocycles. The Morgan fingerprint density at radius 3 is 2.46 bits per heavy atom.